The van der Waals surface area contributed by atoms with E-state index in [9.17, 15) is 4.79 Å². The highest BCUT2D eigenvalue weighted by Gasteiger charge is 2.32. The Kier molecular flexibility index (Phi) is 7.28. The number of hydrogen-bond donors (Lipinski definition) is 1. The zero-order valence-electron chi connectivity index (χ0n) is 18.8. The molecule has 0 bridgehead atoms. The van der Waals surface area contributed by atoms with Crippen molar-refractivity contribution < 1.29 is 14.6 Å². The molecule has 32 heavy (non-hydrogen) atoms. The lowest BCUT2D eigenvalue weighted by Gasteiger charge is -2.36. The van der Waals surface area contributed by atoms with Crippen molar-refractivity contribution in [2.24, 2.45) is 5.92 Å². The van der Waals surface area contributed by atoms with Gasteiger partial charge in [-0.25, -0.2) is 0 Å². The summed E-state index contributed by atoms with van der Waals surface area (Å²) in [7, 11) is 0. The van der Waals surface area contributed by atoms with Gasteiger partial charge in [0.2, 0.25) is 0 Å². The summed E-state index contributed by atoms with van der Waals surface area (Å²) in [5.41, 5.74) is 5.25. The summed E-state index contributed by atoms with van der Waals surface area (Å²) < 4.78 is 6.01. The highest BCUT2D eigenvalue weighted by molar-refractivity contribution is 7.10. The standard InChI is InChI=1S/C27H31NO3S/c1-19-7-10-22(15-20(19)2)25(26-6-4-14-32-26)5-3-13-31-24-11-8-21(9-12-24)16-28-17-23(18-28)27(29)30/h4,6-12,14-15,23,25H,3,5,13,16-18H2,1-2H3,(H,29,30). The Hall–Kier alpha value is -2.63. The molecule has 3 aromatic rings. The fraction of sp³-hybridized carbons (Fsp3) is 0.370. The van der Waals surface area contributed by atoms with Crippen LogP contribution in [0.25, 0.3) is 0 Å². The fourth-order valence-electron chi connectivity index (χ4n) is 4.23. The zero-order valence-corrected chi connectivity index (χ0v) is 19.6. The maximum atomic E-state index is 10.9. The van der Waals surface area contributed by atoms with Gasteiger partial charge in [0.15, 0.2) is 0 Å². The maximum Gasteiger partial charge on any atom is 0.309 e. The van der Waals surface area contributed by atoms with E-state index < -0.39 is 5.97 Å². The average Bonchev–Trinajstić information content (AvgIpc) is 3.28. The average molecular weight is 450 g/mol. The minimum Gasteiger partial charge on any atom is -0.494 e. The molecular formula is C27H31NO3S. The summed E-state index contributed by atoms with van der Waals surface area (Å²) in [4.78, 5) is 14.5. The van der Waals surface area contributed by atoms with Gasteiger partial charge in [-0.2, -0.15) is 0 Å². The number of carboxylic acids is 1. The minimum absolute atomic E-state index is 0.209. The molecule has 0 aliphatic carbocycles. The number of aryl methyl sites for hydroxylation is 2. The van der Waals surface area contributed by atoms with E-state index in [1.165, 1.54) is 27.1 Å². The topological polar surface area (TPSA) is 49.8 Å². The Bertz CT molecular complexity index is 1020. The van der Waals surface area contributed by atoms with Crippen molar-refractivity contribution in [3.05, 3.63) is 87.1 Å². The lowest BCUT2D eigenvalue weighted by molar-refractivity contribution is -0.147. The van der Waals surface area contributed by atoms with Crippen molar-refractivity contribution in [3.8, 4) is 5.75 Å². The number of benzene rings is 2. The van der Waals surface area contributed by atoms with Crippen LogP contribution < -0.4 is 4.74 Å². The fourth-order valence-corrected chi connectivity index (χ4v) is 5.12. The molecule has 1 saturated heterocycles. The van der Waals surface area contributed by atoms with Crippen LogP contribution in [-0.2, 0) is 11.3 Å². The van der Waals surface area contributed by atoms with Crippen LogP contribution in [-0.4, -0.2) is 35.7 Å². The van der Waals surface area contributed by atoms with Crippen molar-refractivity contribution in [1.82, 2.24) is 4.90 Å². The number of hydrogen-bond acceptors (Lipinski definition) is 4. The van der Waals surface area contributed by atoms with Gasteiger partial charge in [-0.05, 0) is 72.5 Å². The first kappa shape index (κ1) is 22.6. The minimum atomic E-state index is -0.691. The summed E-state index contributed by atoms with van der Waals surface area (Å²) >= 11 is 1.83. The number of nitrogens with zero attached hydrogens (tertiary/aromatic N) is 1. The van der Waals surface area contributed by atoms with Gasteiger partial charge in [-0.1, -0.05) is 36.4 Å². The highest BCUT2D eigenvalue weighted by atomic mass is 32.1. The second-order valence-electron chi connectivity index (χ2n) is 8.78. The van der Waals surface area contributed by atoms with E-state index in [2.05, 4.69) is 66.6 Å². The van der Waals surface area contributed by atoms with Crippen LogP contribution in [0.3, 0.4) is 0 Å². The van der Waals surface area contributed by atoms with Crippen LogP contribution in [0.15, 0.2) is 60.0 Å². The van der Waals surface area contributed by atoms with E-state index >= 15 is 0 Å². The molecule has 2 heterocycles. The van der Waals surface area contributed by atoms with E-state index in [1.807, 2.05) is 23.5 Å². The molecule has 1 fully saturated rings. The van der Waals surface area contributed by atoms with Gasteiger partial charge < -0.3 is 9.84 Å². The monoisotopic (exact) mass is 449 g/mol. The van der Waals surface area contributed by atoms with Gasteiger partial charge in [-0.3, -0.25) is 9.69 Å². The maximum absolute atomic E-state index is 10.9. The van der Waals surface area contributed by atoms with Crippen molar-refractivity contribution in [2.45, 2.75) is 39.2 Å². The Labute approximate surface area is 194 Å². The predicted molar refractivity (Wildman–Crippen MR) is 130 cm³/mol. The van der Waals surface area contributed by atoms with Gasteiger partial charge in [-0.15, -0.1) is 11.3 Å². The van der Waals surface area contributed by atoms with E-state index in [1.54, 1.807) is 0 Å². The van der Waals surface area contributed by atoms with Gasteiger partial charge in [0, 0.05) is 30.4 Å². The SMILES string of the molecule is Cc1ccc(C(CCCOc2ccc(CN3CC(C(=O)O)C3)cc2)c2cccs2)cc1C. The molecule has 4 rings (SSSR count). The number of ether oxygens (including phenoxy) is 1. The smallest absolute Gasteiger partial charge is 0.309 e. The van der Waals surface area contributed by atoms with Gasteiger partial charge >= 0.3 is 5.97 Å². The Morgan fingerprint density at radius 2 is 1.91 bits per heavy atom. The molecule has 0 radical (unpaired) electrons. The van der Waals surface area contributed by atoms with E-state index in [0.29, 0.717) is 25.6 Å². The molecule has 1 aromatic heterocycles. The van der Waals surface area contributed by atoms with Gasteiger partial charge in [0.05, 0.1) is 12.5 Å². The van der Waals surface area contributed by atoms with Crippen LogP contribution >= 0.6 is 11.3 Å². The molecule has 168 valence electrons. The van der Waals surface area contributed by atoms with Crippen molar-refractivity contribution >= 4 is 17.3 Å². The van der Waals surface area contributed by atoms with Gasteiger partial charge in [0.25, 0.3) is 0 Å². The lowest BCUT2D eigenvalue weighted by Crippen LogP contribution is -2.49. The molecule has 1 atom stereocenters. The second kappa shape index (κ2) is 10.3. The van der Waals surface area contributed by atoms with E-state index in [4.69, 9.17) is 9.84 Å². The molecule has 4 nitrogen and oxygen atoms in total. The van der Waals surface area contributed by atoms with Crippen molar-refractivity contribution in [1.29, 1.82) is 0 Å². The zero-order chi connectivity index (χ0) is 22.5. The van der Waals surface area contributed by atoms with Crippen LogP contribution in [0.4, 0.5) is 0 Å². The lowest BCUT2D eigenvalue weighted by atomic mass is 9.90. The molecular weight excluding hydrogens is 418 g/mol. The molecule has 0 amide bonds. The predicted octanol–water partition coefficient (Wildman–Crippen LogP) is 5.87. The molecule has 1 aliphatic heterocycles. The number of thiophene rings is 1. The summed E-state index contributed by atoms with van der Waals surface area (Å²) in [5, 5.41) is 11.1. The molecule has 0 spiro atoms. The quantitative estimate of drug-likeness (QED) is 0.393. The third kappa shape index (κ3) is 5.59. The van der Waals surface area contributed by atoms with Crippen LogP contribution in [0.2, 0.25) is 0 Å². The summed E-state index contributed by atoms with van der Waals surface area (Å²) in [6.45, 7) is 7.11. The van der Waals surface area contributed by atoms with Crippen molar-refractivity contribution in [2.75, 3.05) is 19.7 Å². The van der Waals surface area contributed by atoms with Gasteiger partial charge in [0.1, 0.15) is 5.75 Å². The normalized spacial score (nSPS) is 15.3. The molecule has 2 aromatic carbocycles. The van der Waals surface area contributed by atoms with E-state index in [0.717, 1.165) is 25.1 Å². The highest BCUT2D eigenvalue weighted by Crippen LogP contribution is 2.33. The third-order valence-corrected chi connectivity index (χ3v) is 7.35. The number of rotatable bonds is 10. The summed E-state index contributed by atoms with van der Waals surface area (Å²) in [6.07, 6.45) is 2.04. The molecule has 1 aliphatic rings. The summed E-state index contributed by atoms with van der Waals surface area (Å²) in [6, 6.07) is 19.4. The molecule has 0 saturated carbocycles. The number of likely N-dealkylation sites (tertiary alicyclic amines) is 1. The second-order valence-corrected chi connectivity index (χ2v) is 9.75. The van der Waals surface area contributed by atoms with Crippen LogP contribution in [0, 0.1) is 19.8 Å². The van der Waals surface area contributed by atoms with E-state index in [-0.39, 0.29) is 5.92 Å². The third-order valence-electron chi connectivity index (χ3n) is 6.36. The first-order valence-electron chi connectivity index (χ1n) is 11.3. The number of aliphatic carboxylic acids is 1. The number of carbonyl (C=O) groups is 1. The van der Waals surface area contributed by atoms with Crippen LogP contribution in [0.5, 0.6) is 5.75 Å². The first-order valence-corrected chi connectivity index (χ1v) is 12.1. The molecule has 1 N–H and O–H groups in total. The van der Waals surface area contributed by atoms with Crippen LogP contribution in [0.1, 0.15) is 45.9 Å². The first-order chi connectivity index (χ1) is 15.5. The molecule has 1 unspecified atom stereocenters. The van der Waals surface area contributed by atoms with Crippen molar-refractivity contribution in [3.63, 3.8) is 0 Å². The largest absolute Gasteiger partial charge is 0.494 e. The molecule has 5 heteroatoms. The Balaban J connectivity index is 1.27. The Morgan fingerprint density at radius 3 is 2.56 bits per heavy atom. The number of carboxylic acid groups (broad SMARTS) is 1. The summed E-state index contributed by atoms with van der Waals surface area (Å²) in [5.74, 6) is 0.398. The Morgan fingerprint density at radius 1 is 1.12 bits per heavy atom.